The van der Waals surface area contributed by atoms with Crippen LogP contribution in [0.15, 0.2) is 89.3 Å². The first-order chi connectivity index (χ1) is 19.4. The van der Waals surface area contributed by atoms with E-state index < -0.39 is 17.9 Å². The van der Waals surface area contributed by atoms with Crippen LogP contribution in [0.5, 0.6) is 5.75 Å². The van der Waals surface area contributed by atoms with Crippen LogP contribution in [0.3, 0.4) is 0 Å². The zero-order valence-corrected chi connectivity index (χ0v) is 22.5. The number of nitrogens with zero attached hydrogens (tertiary/aromatic N) is 1. The van der Waals surface area contributed by atoms with E-state index in [9.17, 15) is 14.7 Å². The zero-order valence-electron chi connectivity index (χ0n) is 22.5. The number of oxazole rings is 1. The number of hydrogen-bond donors (Lipinski definition) is 1. The molecule has 5 aromatic rings. The third-order valence-electron chi connectivity index (χ3n) is 6.93. The highest BCUT2D eigenvalue weighted by Gasteiger charge is 2.28. The molecule has 2 atom stereocenters. The number of carbonyl (C=O) groups is 2. The second-order valence-electron chi connectivity index (χ2n) is 9.83. The number of rotatable bonds is 11. The van der Waals surface area contributed by atoms with E-state index in [0.29, 0.717) is 24.5 Å². The van der Waals surface area contributed by atoms with Gasteiger partial charge in [-0.3, -0.25) is 9.59 Å². The Kier molecular flexibility index (Phi) is 8.10. The molecule has 204 valence electrons. The summed E-state index contributed by atoms with van der Waals surface area (Å²) in [5.41, 5.74) is 4.63. The Labute approximate surface area is 232 Å². The summed E-state index contributed by atoms with van der Waals surface area (Å²) in [6.45, 7) is 3.92. The van der Waals surface area contributed by atoms with E-state index in [0.717, 1.165) is 38.6 Å². The van der Waals surface area contributed by atoms with Crippen molar-refractivity contribution in [3.63, 3.8) is 0 Å². The molecule has 0 aliphatic heterocycles. The van der Waals surface area contributed by atoms with Crippen LogP contribution >= 0.6 is 0 Å². The van der Waals surface area contributed by atoms with Gasteiger partial charge in [0.05, 0.1) is 12.7 Å². The van der Waals surface area contributed by atoms with Crippen molar-refractivity contribution < 1.29 is 28.6 Å². The minimum absolute atomic E-state index is 0.152. The van der Waals surface area contributed by atoms with Gasteiger partial charge < -0.3 is 19.0 Å². The molecule has 1 aromatic heterocycles. The average molecular weight is 538 g/mol. The lowest BCUT2D eigenvalue weighted by Crippen LogP contribution is -2.29. The predicted octanol–water partition coefficient (Wildman–Crippen LogP) is 7.52. The van der Waals surface area contributed by atoms with Crippen LogP contribution in [0, 0.1) is 5.92 Å². The fourth-order valence-electron chi connectivity index (χ4n) is 4.49. The van der Waals surface area contributed by atoms with E-state index in [1.807, 2.05) is 79.7 Å². The van der Waals surface area contributed by atoms with Gasteiger partial charge in [-0.15, -0.1) is 0 Å². The highest BCUT2D eigenvalue weighted by Crippen LogP contribution is 2.31. The van der Waals surface area contributed by atoms with Crippen LogP contribution in [0.2, 0.25) is 0 Å². The Morgan fingerprint density at radius 3 is 2.42 bits per heavy atom. The number of aromatic nitrogens is 1. The maximum absolute atomic E-state index is 12.2. The summed E-state index contributed by atoms with van der Waals surface area (Å²) in [5.74, 6) is -1.83. The van der Waals surface area contributed by atoms with Crippen LogP contribution < -0.4 is 4.74 Å². The number of aliphatic carboxylic acids is 1. The van der Waals surface area contributed by atoms with Crippen molar-refractivity contribution in [1.82, 2.24) is 4.98 Å². The molecule has 5 rings (SSSR count). The lowest BCUT2D eigenvalue weighted by atomic mass is 10.0. The lowest BCUT2D eigenvalue weighted by molar-refractivity contribution is -0.162. The first-order valence-electron chi connectivity index (χ1n) is 13.5. The lowest BCUT2D eigenvalue weighted by Gasteiger charge is -2.16. The average Bonchev–Trinajstić information content (AvgIpc) is 3.40. The molecular weight excluding hydrogens is 506 g/mol. The second kappa shape index (κ2) is 12.0. The summed E-state index contributed by atoms with van der Waals surface area (Å²) in [7, 11) is 0. The molecule has 4 aromatic carbocycles. The van der Waals surface area contributed by atoms with Gasteiger partial charge in [0, 0.05) is 5.56 Å². The molecule has 0 aliphatic rings. The van der Waals surface area contributed by atoms with Gasteiger partial charge >= 0.3 is 11.9 Å². The number of fused-ring (bicyclic) bond motifs is 2. The Hall–Kier alpha value is -4.65. The molecule has 0 saturated carbocycles. The maximum Gasteiger partial charge on any atom is 0.320 e. The molecule has 40 heavy (non-hydrogen) atoms. The Balaban J connectivity index is 1.23. The molecule has 7 nitrogen and oxygen atoms in total. The van der Waals surface area contributed by atoms with Crippen LogP contribution in [0.25, 0.3) is 44.5 Å². The number of carboxylic acids is 1. The number of carboxylic acid groups (broad SMARTS) is 1. The van der Waals surface area contributed by atoms with Gasteiger partial charge in [0.1, 0.15) is 11.3 Å². The molecule has 0 aliphatic carbocycles. The summed E-state index contributed by atoms with van der Waals surface area (Å²) in [6, 6.07) is 28.0. The van der Waals surface area contributed by atoms with Crippen molar-refractivity contribution in [1.29, 1.82) is 0 Å². The molecule has 1 N–H and O–H groups in total. The fraction of sp³-hybridized carbons (Fsp3) is 0.242. The Morgan fingerprint density at radius 1 is 0.900 bits per heavy atom. The standard InChI is InChI=1S/C33H31NO6/c1-3-21(2)39-33(37)28(32(35)36)10-7-17-38-27-15-13-23-18-26(12-11-24(23)19-27)31-34-29-20-25(14-16-30(29)40-31)22-8-5-4-6-9-22/h4-6,8-9,11-16,18-21,28H,3,7,10,17H2,1-2H3,(H,35,36). The highest BCUT2D eigenvalue weighted by molar-refractivity contribution is 5.94. The quantitative estimate of drug-likeness (QED) is 0.106. The van der Waals surface area contributed by atoms with Gasteiger partial charge in [-0.25, -0.2) is 4.98 Å². The molecule has 1 heterocycles. The highest BCUT2D eigenvalue weighted by atomic mass is 16.5. The van der Waals surface area contributed by atoms with Crippen LogP contribution in [-0.4, -0.2) is 34.7 Å². The van der Waals surface area contributed by atoms with Gasteiger partial charge in [0.25, 0.3) is 0 Å². The third-order valence-corrected chi connectivity index (χ3v) is 6.93. The monoisotopic (exact) mass is 537 g/mol. The van der Waals surface area contributed by atoms with E-state index in [2.05, 4.69) is 12.1 Å². The summed E-state index contributed by atoms with van der Waals surface area (Å²) in [4.78, 5) is 28.4. The van der Waals surface area contributed by atoms with Crippen LogP contribution in [-0.2, 0) is 14.3 Å². The molecular formula is C33H31NO6. The molecule has 7 heteroatoms. The second-order valence-corrected chi connectivity index (χ2v) is 9.83. The first-order valence-corrected chi connectivity index (χ1v) is 13.5. The molecule has 0 radical (unpaired) electrons. The predicted molar refractivity (Wildman–Crippen MR) is 154 cm³/mol. The number of carbonyl (C=O) groups excluding carboxylic acids is 1. The molecule has 2 unspecified atom stereocenters. The van der Waals surface area contributed by atoms with Crippen molar-refractivity contribution in [2.45, 2.75) is 39.2 Å². The topological polar surface area (TPSA) is 98.9 Å². The minimum atomic E-state index is -1.19. The summed E-state index contributed by atoms with van der Waals surface area (Å²) >= 11 is 0. The molecule has 0 spiro atoms. The zero-order chi connectivity index (χ0) is 28.1. The molecule has 0 saturated heterocycles. The van der Waals surface area contributed by atoms with Crippen LogP contribution in [0.1, 0.15) is 33.1 Å². The Bertz CT molecular complexity index is 1640. The maximum atomic E-state index is 12.2. The summed E-state index contributed by atoms with van der Waals surface area (Å²) in [6.07, 6.45) is 0.889. The van der Waals surface area contributed by atoms with Gasteiger partial charge in [-0.2, -0.15) is 0 Å². The first kappa shape index (κ1) is 26.9. The van der Waals surface area contributed by atoms with E-state index in [-0.39, 0.29) is 19.1 Å². The Morgan fingerprint density at radius 2 is 1.65 bits per heavy atom. The van der Waals surface area contributed by atoms with Gasteiger partial charge in [-0.1, -0.05) is 55.5 Å². The smallest absolute Gasteiger partial charge is 0.320 e. The van der Waals surface area contributed by atoms with Crippen molar-refractivity contribution in [2.24, 2.45) is 5.92 Å². The van der Waals surface area contributed by atoms with Crippen molar-refractivity contribution in [3.05, 3.63) is 84.9 Å². The van der Waals surface area contributed by atoms with E-state index in [4.69, 9.17) is 18.9 Å². The van der Waals surface area contributed by atoms with Crippen molar-refractivity contribution in [3.8, 4) is 28.3 Å². The molecule has 0 amide bonds. The third kappa shape index (κ3) is 6.15. The number of esters is 1. The van der Waals surface area contributed by atoms with Gasteiger partial charge in [0.15, 0.2) is 11.5 Å². The van der Waals surface area contributed by atoms with E-state index >= 15 is 0 Å². The SMILES string of the molecule is CCC(C)OC(=O)C(CCCOc1ccc2cc(-c3nc4cc(-c5ccccc5)ccc4o3)ccc2c1)C(=O)O. The fourth-order valence-corrected chi connectivity index (χ4v) is 4.49. The van der Waals surface area contributed by atoms with Gasteiger partial charge in [-0.05, 0) is 84.5 Å². The summed E-state index contributed by atoms with van der Waals surface area (Å²) < 4.78 is 17.1. The van der Waals surface area contributed by atoms with Crippen molar-refractivity contribution in [2.75, 3.05) is 6.61 Å². The number of ether oxygens (including phenoxy) is 2. The molecule has 0 bridgehead atoms. The minimum Gasteiger partial charge on any atom is -0.494 e. The molecule has 0 fully saturated rings. The number of benzene rings is 4. The van der Waals surface area contributed by atoms with Gasteiger partial charge in [0.2, 0.25) is 5.89 Å². The summed E-state index contributed by atoms with van der Waals surface area (Å²) in [5, 5.41) is 11.4. The van der Waals surface area contributed by atoms with Crippen LogP contribution in [0.4, 0.5) is 0 Å². The largest absolute Gasteiger partial charge is 0.494 e. The number of hydrogen-bond acceptors (Lipinski definition) is 6. The van der Waals surface area contributed by atoms with E-state index in [1.165, 1.54) is 0 Å². The van der Waals surface area contributed by atoms with E-state index in [1.54, 1.807) is 6.92 Å². The van der Waals surface area contributed by atoms with Crippen molar-refractivity contribution >= 4 is 33.8 Å². The normalized spacial score (nSPS) is 12.8.